The Morgan fingerprint density at radius 3 is 2.43 bits per heavy atom. The second kappa shape index (κ2) is 12.5. The van der Waals surface area contributed by atoms with E-state index in [-0.39, 0.29) is 20.1 Å². The van der Waals surface area contributed by atoms with Gasteiger partial charge >= 0.3 is 110 Å². The normalized spacial score (nSPS) is 15.5. The topological polar surface area (TPSA) is 38.4 Å². The molecule has 1 unspecified atom stereocenters. The Kier molecular flexibility index (Phi) is 7.84. The van der Waals surface area contributed by atoms with Crippen LogP contribution in [-0.4, -0.2) is 24.0 Å². The number of aromatic nitrogens is 1. The van der Waals surface area contributed by atoms with Crippen molar-refractivity contribution in [2.24, 2.45) is 4.99 Å². The molecule has 1 radical (unpaired) electrons. The first kappa shape index (κ1) is 26.3. The minimum atomic E-state index is -2.08. The number of benzene rings is 4. The fourth-order valence-electron chi connectivity index (χ4n) is 5.34. The van der Waals surface area contributed by atoms with Gasteiger partial charge in [0.2, 0.25) is 0 Å². The Labute approximate surface area is 269 Å². The van der Waals surface area contributed by atoms with E-state index in [1.54, 1.807) is 12.1 Å². The fourth-order valence-corrected chi connectivity index (χ4v) is 7.52. The van der Waals surface area contributed by atoms with E-state index in [0.717, 1.165) is 56.6 Å². The first-order chi connectivity index (χ1) is 21.0. The van der Waals surface area contributed by atoms with Crippen molar-refractivity contribution in [3.8, 4) is 11.3 Å². The molecule has 7 rings (SSSR count). The smallest absolute Gasteiger partial charge is 0 e. The predicted molar refractivity (Wildman–Crippen MR) is 174 cm³/mol. The Balaban J connectivity index is 0.000000177. The van der Waals surface area contributed by atoms with E-state index in [0.29, 0.717) is 11.5 Å². The van der Waals surface area contributed by atoms with Gasteiger partial charge in [-0.1, -0.05) is 60.7 Å². The van der Waals surface area contributed by atoms with Gasteiger partial charge in [-0.2, -0.15) is 0 Å². The van der Waals surface area contributed by atoms with Gasteiger partial charge in [-0.25, -0.2) is 0 Å². The van der Waals surface area contributed by atoms with Crippen molar-refractivity contribution >= 4 is 51.0 Å². The number of aryl methyl sites for hydroxylation is 1. The van der Waals surface area contributed by atoms with Crippen LogP contribution in [0.5, 0.6) is 0 Å². The van der Waals surface area contributed by atoms with Crippen molar-refractivity contribution in [1.29, 1.82) is 0 Å². The molecule has 42 heavy (non-hydrogen) atoms. The third-order valence-electron chi connectivity index (χ3n) is 7.60. The molecule has 5 heteroatoms. The molecule has 2 aromatic heterocycles. The summed E-state index contributed by atoms with van der Waals surface area (Å²) in [6.07, 6.45) is 2.96. The zero-order valence-electron chi connectivity index (χ0n) is 27.2. The number of rotatable bonds is 4. The molecular formula is C37H34GeIrN2O-2. The van der Waals surface area contributed by atoms with Crippen molar-refractivity contribution in [3.05, 3.63) is 126 Å². The molecule has 1 atom stereocenters. The number of hydrogen-bond acceptors (Lipinski definition) is 3. The Morgan fingerprint density at radius 2 is 1.71 bits per heavy atom. The second-order valence-corrected chi connectivity index (χ2v) is 22.0. The molecule has 0 N–H and O–H groups in total. The third-order valence-corrected chi connectivity index (χ3v) is 11.9. The molecule has 0 aliphatic carbocycles. The van der Waals surface area contributed by atoms with Gasteiger partial charge in [0.05, 0.1) is 11.3 Å². The molecule has 1 aliphatic rings. The standard InChI is InChI=1S/C22H16NO.C15H18GeN.Ir/c1-2-14-15-8-3-5-12-19(15)23-21(14)18-11-7-10-17-16-9-4-6-13-20(16)24-22(17)18;1-12-5-7-13(8-6-12)15-10-9-14(11-17-15)16(2,3)4;/h3-10,12-14H,2H2,1H3;5-7,9-11H,1-4H3;/q2*-1;/i;1D3;. The van der Waals surface area contributed by atoms with Gasteiger partial charge in [0, 0.05) is 25.5 Å². The van der Waals surface area contributed by atoms with Gasteiger partial charge in [0.1, 0.15) is 5.58 Å². The van der Waals surface area contributed by atoms with Crippen molar-refractivity contribution in [2.75, 3.05) is 0 Å². The van der Waals surface area contributed by atoms with Crippen LogP contribution in [-0.2, 0) is 20.1 Å². The molecule has 0 spiro atoms. The quantitative estimate of drug-likeness (QED) is 0.132. The van der Waals surface area contributed by atoms with Crippen LogP contribution in [0.3, 0.4) is 0 Å². The number of aliphatic imine (C=N–C) groups is 1. The summed E-state index contributed by atoms with van der Waals surface area (Å²) in [7, 11) is 0. The molecule has 3 nitrogen and oxygen atoms in total. The minimum Gasteiger partial charge on any atom is 0 e. The van der Waals surface area contributed by atoms with Crippen LogP contribution in [0.2, 0.25) is 17.3 Å². The number of pyridine rings is 1. The maximum Gasteiger partial charge on any atom is 0 e. The summed E-state index contributed by atoms with van der Waals surface area (Å²) in [5.74, 6) is 7.28. The molecule has 4 aromatic carbocycles. The summed E-state index contributed by atoms with van der Waals surface area (Å²) >= 11 is -1.83. The first-order valence-corrected chi connectivity index (χ1v) is 21.4. The summed E-state index contributed by atoms with van der Waals surface area (Å²) in [6.45, 7) is 0.132. The summed E-state index contributed by atoms with van der Waals surface area (Å²) in [5.41, 5.74) is 8.21. The minimum absolute atomic E-state index is 0. The number of para-hydroxylation sites is 2. The summed E-state index contributed by atoms with van der Waals surface area (Å²) in [5, 5.41) is 2.28. The van der Waals surface area contributed by atoms with Gasteiger partial charge in [-0.05, 0) is 29.3 Å². The van der Waals surface area contributed by atoms with Crippen molar-refractivity contribution < 1.29 is 28.6 Å². The summed E-state index contributed by atoms with van der Waals surface area (Å²) in [4.78, 5) is 9.40. The second-order valence-electron chi connectivity index (χ2n) is 11.4. The van der Waals surface area contributed by atoms with Crippen LogP contribution in [0.4, 0.5) is 5.69 Å². The van der Waals surface area contributed by atoms with Gasteiger partial charge in [-0.3, -0.25) is 0 Å². The monoisotopic (exact) mass is 792 g/mol. The molecule has 6 aromatic rings. The van der Waals surface area contributed by atoms with Gasteiger partial charge in [0.25, 0.3) is 0 Å². The first-order valence-electron chi connectivity index (χ1n) is 15.5. The molecule has 0 saturated carbocycles. The number of hydrogen-bond donors (Lipinski definition) is 0. The molecule has 213 valence electrons. The Hall–Kier alpha value is -3.31. The summed E-state index contributed by atoms with van der Waals surface area (Å²) < 4.78 is 29.6. The van der Waals surface area contributed by atoms with E-state index < -0.39 is 20.1 Å². The van der Waals surface area contributed by atoms with Crippen LogP contribution in [0.1, 0.15) is 40.1 Å². The molecule has 0 saturated heterocycles. The predicted octanol–water partition coefficient (Wildman–Crippen LogP) is 9.41. The molecular weight excluding hydrogens is 753 g/mol. The van der Waals surface area contributed by atoms with E-state index in [1.807, 2.05) is 42.6 Å². The maximum atomic E-state index is 7.35. The average molecular weight is 791 g/mol. The van der Waals surface area contributed by atoms with Gasteiger partial charge in [-0.15, -0.1) is 18.2 Å². The molecule has 0 bridgehead atoms. The van der Waals surface area contributed by atoms with E-state index in [2.05, 4.69) is 77.7 Å². The summed E-state index contributed by atoms with van der Waals surface area (Å²) in [6, 6.07) is 36.1. The third kappa shape index (κ3) is 5.94. The SMILES string of the molecule is CCC1C(c2[c-]ccc3c2oc2ccccc23)=Nc2ccccc21.[2H]C([2H])([2H])c1c[c-]c(-c2cc[c]([Ge]([CH3])([CH3])[CH3])cn2)cc1.[Ir]. The zero-order valence-corrected chi connectivity index (χ0v) is 28.7. The van der Waals surface area contributed by atoms with Crippen LogP contribution >= 0.6 is 0 Å². The van der Waals surface area contributed by atoms with Gasteiger partial charge in [0.15, 0.2) is 0 Å². The fraction of sp³-hybridized carbons (Fsp3) is 0.189. The number of fused-ring (bicyclic) bond motifs is 4. The maximum absolute atomic E-state index is 7.35. The Bertz CT molecular complexity index is 1920. The van der Waals surface area contributed by atoms with E-state index >= 15 is 0 Å². The van der Waals surface area contributed by atoms with E-state index in [4.69, 9.17) is 13.5 Å². The van der Waals surface area contributed by atoms with Crippen LogP contribution in [0, 0.1) is 19.0 Å². The van der Waals surface area contributed by atoms with Crippen LogP contribution < -0.4 is 4.40 Å². The largest absolute Gasteiger partial charge is 0 e. The van der Waals surface area contributed by atoms with Crippen LogP contribution in [0.25, 0.3) is 33.2 Å². The van der Waals surface area contributed by atoms with Crippen molar-refractivity contribution in [1.82, 2.24) is 4.98 Å². The zero-order chi connectivity index (χ0) is 31.1. The Morgan fingerprint density at radius 1 is 0.905 bits per heavy atom. The number of furan rings is 1. The molecule has 1 aliphatic heterocycles. The van der Waals surface area contributed by atoms with Crippen molar-refractivity contribution in [3.63, 3.8) is 0 Å². The van der Waals surface area contributed by atoms with Crippen LogP contribution in [0.15, 0.2) is 107 Å². The average Bonchev–Trinajstić information content (AvgIpc) is 3.59. The van der Waals surface area contributed by atoms with Crippen molar-refractivity contribution in [2.45, 2.75) is 43.4 Å². The number of nitrogens with zero attached hydrogens (tertiary/aromatic N) is 2. The molecule has 0 amide bonds. The van der Waals surface area contributed by atoms with E-state index in [1.165, 1.54) is 16.0 Å². The molecule has 0 fully saturated rings. The molecule has 3 heterocycles. The van der Waals surface area contributed by atoms with E-state index in [9.17, 15) is 0 Å². The van der Waals surface area contributed by atoms with Gasteiger partial charge < -0.3 is 9.41 Å².